The van der Waals surface area contributed by atoms with E-state index in [2.05, 4.69) is 4.98 Å². The number of aromatic nitrogens is 1. The van der Waals surface area contributed by atoms with Crippen LogP contribution >= 0.6 is 11.6 Å². The van der Waals surface area contributed by atoms with E-state index in [1.54, 1.807) is 12.1 Å². The average Bonchev–Trinajstić information content (AvgIpc) is 3.17. The van der Waals surface area contributed by atoms with E-state index in [1.165, 1.54) is 4.90 Å². The maximum atomic E-state index is 13.4. The number of carbonyl (C=O) groups excluding carboxylic acids is 1. The third-order valence-corrected chi connectivity index (χ3v) is 5.22. The summed E-state index contributed by atoms with van der Waals surface area (Å²) in [5, 5.41) is 10.1. The van der Waals surface area contributed by atoms with Crippen LogP contribution in [-0.2, 0) is 4.79 Å². The van der Waals surface area contributed by atoms with E-state index in [4.69, 9.17) is 16.0 Å². The molecule has 2 fully saturated rings. The van der Waals surface area contributed by atoms with Gasteiger partial charge in [-0.1, -0.05) is 11.6 Å². The molecule has 0 unspecified atom stereocenters. The predicted octanol–water partition coefficient (Wildman–Crippen LogP) is 2.24. The quantitative estimate of drug-likeness (QED) is 0.881. The van der Waals surface area contributed by atoms with Crippen LogP contribution in [0.5, 0.6) is 0 Å². The number of alkyl halides is 1. The fourth-order valence-corrected chi connectivity index (χ4v) is 3.69. The molecule has 2 aromatic rings. The summed E-state index contributed by atoms with van der Waals surface area (Å²) in [6, 6.07) is 5.84. The molecule has 25 heavy (non-hydrogen) atoms. The number of amides is 1. The second-order valence-corrected chi connectivity index (χ2v) is 7.13. The number of β-amino-alcohol motifs (C(OH)–C–C–N with tert-alkyl or cyclic N) is 1. The SMILES string of the molecule is O=C(C1CCN(c2nc3ccc(Cl)cc3o2)CC1)N1C[C@@H](O)[C@H](F)C1. The number of aliphatic hydroxyl groups excluding tert-OH is 1. The first-order valence-corrected chi connectivity index (χ1v) is 8.81. The maximum Gasteiger partial charge on any atom is 0.298 e. The molecule has 2 atom stereocenters. The highest BCUT2D eigenvalue weighted by atomic mass is 35.5. The fourth-order valence-electron chi connectivity index (χ4n) is 3.52. The molecule has 134 valence electrons. The lowest BCUT2D eigenvalue weighted by Crippen LogP contribution is -2.42. The van der Waals surface area contributed by atoms with Gasteiger partial charge in [0, 0.05) is 36.6 Å². The summed E-state index contributed by atoms with van der Waals surface area (Å²) in [5.74, 6) is -0.212. The van der Waals surface area contributed by atoms with Crippen molar-refractivity contribution in [2.75, 3.05) is 31.1 Å². The molecule has 2 aliphatic heterocycles. The lowest BCUT2D eigenvalue weighted by atomic mass is 9.95. The highest BCUT2D eigenvalue weighted by Crippen LogP contribution is 2.29. The number of fused-ring (bicyclic) bond motifs is 1. The van der Waals surface area contributed by atoms with Crippen molar-refractivity contribution in [3.8, 4) is 0 Å². The molecule has 0 saturated carbocycles. The largest absolute Gasteiger partial charge is 0.423 e. The molecule has 2 aliphatic rings. The number of anilines is 1. The number of nitrogens with zero attached hydrogens (tertiary/aromatic N) is 3. The summed E-state index contributed by atoms with van der Waals surface area (Å²) < 4.78 is 19.2. The number of rotatable bonds is 2. The number of hydrogen-bond donors (Lipinski definition) is 1. The van der Waals surface area contributed by atoms with E-state index in [0.717, 1.165) is 5.52 Å². The Morgan fingerprint density at radius 1 is 1.32 bits per heavy atom. The van der Waals surface area contributed by atoms with Crippen LogP contribution in [0.2, 0.25) is 5.02 Å². The number of aliphatic hydroxyl groups is 1. The van der Waals surface area contributed by atoms with Crippen LogP contribution in [0.15, 0.2) is 22.6 Å². The van der Waals surface area contributed by atoms with Crippen LogP contribution in [-0.4, -0.2) is 59.4 Å². The topological polar surface area (TPSA) is 69.8 Å². The molecule has 0 spiro atoms. The Labute approximate surface area is 149 Å². The van der Waals surface area contributed by atoms with Crippen molar-refractivity contribution < 1.29 is 18.7 Å². The second-order valence-electron chi connectivity index (χ2n) is 6.70. The molecule has 0 radical (unpaired) electrons. The van der Waals surface area contributed by atoms with E-state index in [0.29, 0.717) is 42.6 Å². The van der Waals surface area contributed by atoms with Crippen LogP contribution in [0.3, 0.4) is 0 Å². The van der Waals surface area contributed by atoms with Crippen LogP contribution in [0, 0.1) is 5.92 Å². The van der Waals surface area contributed by atoms with Gasteiger partial charge in [-0.05, 0) is 25.0 Å². The van der Waals surface area contributed by atoms with Gasteiger partial charge in [0.1, 0.15) is 17.8 Å². The summed E-state index contributed by atoms with van der Waals surface area (Å²) in [5.41, 5.74) is 1.39. The van der Waals surface area contributed by atoms with Crippen molar-refractivity contribution in [1.82, 2.24) is 9.88 Å². The molecule has 6 nitrogen and oxygen atoms in total. The van der Waals surface area contributed by atoms with Gasteiger partial charge in [0.05, 0.1) is 6.54 Å². The van der Waals surface area contributed by atoms with Crippen molar-refractivity contribution in [2.24, 2.45) is 5.92 Å². The van der Waals surface area contributed by atoms with Crippen molar-refractivity contribution in [2.45, 2.75) is 25.1 Å². The van der Waals surface area contributed by atoms with Crippen LogP contribution < -0.4 is 4.90 Å². The Morgan fingerprint density at radius 3 is 2.76 bits per heavy atom. The van der Waals surface area contributed by atoms with E-state index >= 15 is 0 Å². The number of likely N-dealkylation sites (tertiary alicyclic amines) is 1. The van der Waals surface area contributed by atoms with Gasteiger partial charge in [-0.3, -0.25) is 4.79 Å². The number of halogens is 2. The third-order valence-electron chi connectivity index (χ3n) is 4.99. The first-order valence-electron chi connectivity index (χ1n) is 8.43. The van der Waals surface area contributed by atoms with E-state index in [9.17, 15) is 14.3 Å². The van der Waals surface area contributed by atoms with Crippen LogP contribution in [0.4, 0.5) is 10.4 Å². The molecular formula is C17H19ClFN3O3. The molecule has 2 saturated heterocycles. The van der Waals surface area contributed by atoms with Gasteiger partial charge in [0.25, 0.3) is 6.01 Å². The molecular weight excluding hydrogens is 349 g/mol. The standard InChI is InChI=1S/C17H19ClFN3O3/c18-11-1-2-13-15(7-11)25-17(20-13)21-5-3-10(4-6-21)16(24)22-8-12(19)14(23)9-22/h1-2,7,10,12,14,23H,3-6,8-9H2/t12-,14-/m1/s1. The summed E-state index contributed by atoms with van der Waals surface area (Å²) in [6.07, 6.45) is -1.09. The van der Waals surface area contributed by atoms with E-state index in [1.807, 2.05) is 11.0 Å². The fraction of sp³-hybridized carbons (Fsp3) is 0.529. The first-order chi connectivity index (χ1) is 12.0. The van der Waals surface area contributed by atoms with Gasteiger partial charge in [-0.25, -0.2) is 4.39 Å². The van der Waals surface area contributed by atoms with E-state index < -0.39 is 12.3 Å². The van der Waals surface area contributed by atoms with Gasteiger partial charge < -0.3 is 19.3 Å². The first kappa shape index (κ1) is 16.6. The van der Waals surface area contributed by atoms with Gasteiger partial charge in [-0.15, -0.1) is 0 Å². The normalized spacial score (nSPS) is 25.1. The number of oxazole rings is 1. The minimum atomic E-state index is -1.34. The predicted molar refractivity (Wildman–Crippen MR) is 91.4 cm³/mol. The Morgan fingerprint density at radius 2 is 2.08 bits per heavy atom. The summed E-state index contributed by atoms with van der Waals surface area (Å²) in [7, 11) is 0. The summed E-state index contributed by atoms with van der Waals surface area (Å²) in [4.78, 5) is 20.4. The third kappa shape index (κ3) is 3.18. The van der Waals surface area contributed by atoms with Gasteiger partial charge in [0.15, 0.2) is 5.58 Å². The summed E-state index contributed by atoms with van der Waals surface area (Å²) >= 11 is 5.96. The Balaban J connectivity index is 1.40. The van der Waals surface area contributed by atoms with Gasteiger partial charge >= 0.3 is 0 Å². The molecule has 1 aromatic heterocycles. The van der Waals surface area contributed by atoms with Crippen LogP contribution in [0.1, 0.15) is 12.8 Å². The Bertz CT molecular complexity index is 781. The minimum Gasteiger partial charge on any atom is -0.423 e. The zero-order chi connectivity index (χ0) is 17.6. The monoisotopic (exact) mass is 367 g/mol. The maximum absolute atomic E-state index is 13.4. The minimum absolute atomic E-state index is 0.00783. The molecule has 3 heterocycles. The van der Waals surface area contributed by atoms with Crippen molar-refractivity contribution in [1.29, 1.82) is 0 Å². The lowest BCUT2D eigenvalue weighted by molar-refractivity contribution is -0.135. The zero-order valence-corrected chi connectivity index (χ0v) is 14.3. The van der Waals surface area contributed by atoms with E-state index in [-0.39, 0.29) is 24.9 Å². The lowest BCUT2D eigenvalue weighted by Gasteiger charge is -2.32. The smallest absolute Gasteiger partial charge is 0.298 e. The van der Waals surface area contributed by atoms with Crippen molar-refractivity contribution >= 4 is 34.6 Å². The van der Waals surface area contributed by atoms with Crippen molar-refractivity contribution in [3.05, 3.63) is 23.2 Å². The Hall–Kier alpha value is -1.86. The second kappa shape index (κ2) is 6.46. The molecule has 1 N–H and O–H groups in total. The molecule has 8 heteroatoms. The number of piperidine rings is 1. The zero-order valence-electron chi connectivity index (χ0n) is 13.6. The average molecular weight is 368 g/mol. The van der Waals surface area contributed by atoms with Gasteiger partial charge in [-0.2, -0.15) is 4.98 Å². The molecule has 4 rings (SSSR count). The summed E-state index contributed by atoms with van der Waals surface area (Å²) in [6.45, 7) is 1.37. The van der Waals surface area contributed by atoms with Gasteiger partial charge in [0.2, 0.25) is 5.91 Å². The van der Waals surface area contributed by atoms with Crippen LogP contribution in [0.25, 0.3) is 11.1 Å². The number of benzene rings is 1. The highest BCUT2D eigenvalue weighted by molar-refractivity contribution is 6.31. The number of carbonyl (C=O) groups is 1. The number of hydrogen-bond acceptors (Lipinski definition) is 5. The molecule has 0 aliphatic carbocycles. The Kier molecular flexibility index (Phi) is 4.29. The van der Waals surface area contributed by atoms with Crippen molar-refractivity contribution in [3.63, 3.8) is 0 Å². The highest BCUT2D eigenvalue weighted by Gasteiger charge is 2.37. The molecule has 0 bridgehead atoms. The molecule has 1 amide bonds. The molecule has 1 aromatic carbocycles.